The highest BCUT2D eigenvalue weighted by atomic mass is 16.5. The summed E-state index contributed by atoms with van der Waals surface area (Å²) in [5.74, 6) is 2.11. The largest absolute Gasteiger partial charge is 0.508 e. The van der Waals surface area contributed by atoms with Crippen LogP contribution in [0, 0.1) is 6.92 Å². The fraction of sp³-hybridized carbons (Fsp3) is 0.333. The molecule has 1 aromatic heterocycles. The summed E-state index contributed by atoms with van der Waals surface area (Å²) in [5.41, 5.74) is 1.03. The highest BCUT2D eigenvalue weighted by Crippen LogP contribution is 2.34. The maximum Gasteiger partial charge on any atom is 0.240 e. The summed E-state index contributed by atoms with van der Waals surface area (Å²) in [6.45, 7) is 2.81. The number of phenolic OH excluding ortho intramolecular Hbond substituents is 1. The van der Waals surface area contributed by atoms with Crippen molar-refractivity contribution in [2.75, 3.05) is 6.61 Å². The molecule has 0 fully saturated rings. The summed E-state index contributed by atoms with van der Waals surface area (Å²) in [5, 5.41) is 16.4. The van der Waals surface area contributed by atoms with Crippen molar-refractivity contribution in [3.05, 3.63) is 35.5 Å². The minimum atomic E-state index is 0.0767. The molecule has 0 saturated heterocycles. The van der Waals surface area contributed by atoms with Gasteiger partial charge in [-0.25, -0.2) is 0 Å². The number of hydrogen-bond acceptors (Lipinski definition) is 6. The van der Waals surface area contributed by atoms with Gasteiger partial charge in [0.25, 0.3) is 0 Å². The van der Waals surface area contributed by atoms with Crippen molar-refractivity contribution in [2.45, 2.75) is 19.5 Å². The van der Waals surface area contributed by atoms with E-state index in [-0.39, 0.29) is 11.8 Å². The molecule has 0 aliphatic carbocycles. The molecule has 1 aromatic carbocycles. The predicted octanol–water partition coefficient (Wildman–Crippen LogP) is 1.31. The number of rotatable bonds is 3. The second kappa shape index (κ2) is 4.30. The number of hydrogen-bond donors (Lipinski definition) is 2. The molecule has 2 aromatic rings. The van der Waals surface area contributed by atoms with E-state index in [0.29, 0.717) is 30.6 Å². The lowest BCUT2D eigenvalue weighted by Gasteiger charge is -2.09. The van der Waals surface area contributed by atoms with Crippen molar-refractivity contribution >= 4 is 0 Å². The average molecular weight is 247 g/mol. The van der Waals surface area contributed by atoms with Crippen LogP contribution in [-0.4, -0.2) is 21.9 Å². The number of nitrogens with one attached hydrogen (secondary N) is 1. The first-order valence-electron chi connectivity index (χ1n) is 5.70. The van der Waals surface area contributed by atoms with Gasteiger partial charge in [0, 0.05) is 11.6 Å². The maximum atomic E-state index is 9.36. The molecule has 0 amide bonds. The Kier molecular flexibility index (Phi) is 2.64. The quantitative estimate of drug-likeness (QED) is 0.851. The van der Waals surface area contributed by atoms with Crippen LogP contribution in [0.25, 0.3) is 0 Å². The van der Waals surface area contributed by atoms with Crippen molar-refractivity contribution in [1.82, 2.24) is 15.5 Å². The van der Waals surface area contributed by atoms with Gasteiger partial charge in [0.15, 0.2) is 5.82 Å². The molecule has 18 heavy (non-hydrogen) atoms. The summed E-state index contributed by atoms with van der Waals surface area (Å²) >= 11 is 0. The molecule has 1 aliphatic rings. The number of aromatic nitrogens is 2. The SMILES string of the molecule is Cc1noc(CNC2COc3cc(O)ccc32)n1. The average Bonchev–Trinajstić information content (AvgIpc) is 2.92. The molecule has 6 heteroatoms. The van der Waals surface area contributed by atoms with Crippen LogP contribution in [0.1, 0.15) is 23.3 Å². The van der Waals surface area contributed by atoms with Gasteiger partial charge in [0.05, 0.1) is 12.6 Å². The predicted molar refractivity (Wildman–Crippen MR) is 62.2 cm³/mol. The van der Waals surface area contributed by atoms with E-state index in [4.69, 9.17) is 9.26 Å². The van der Waals surface area contributed by atoms with Crippen molar-refractivity contribution in [3.63, 3.8) is 0 Å². The summed E-state index contributed by atoms with van der Waals surface area (Å²) < 4.78 is 10.5. The Labute approximate surface area is 104 Å². The highest BCUT2D eigenvalue weighted by molar-refractivity contribution is 5.44. The Morgan fingerprint density at radius 1 is 1.50 bits per heavy atom. The molecule has 1 aliphatic heterocycles. The summed E-state index contributed by atoms with van der Waals surface area (Å²) in [7, 11) is 0. The molecule has 6 nitrogen and oxygen atoms in total. The maximum absolute atomic E-state index is 9.36. The highest BCUT2D eigenvalue weighted by Gasteiger charge is 2.24. The minimum Gasteiger partial charge on any atom is -0.508 e. The van der Waals surface area contributed by atoms with E-state index >= 15 is 0 Å². The Morgan fingerprint density at radius 2 is 2.39 bits per heavy atom. The second-order valence-electron chi connectivity index (χ2n) is 4.20. The first-order valence-corrected chi connectivity index (χ1v) is 5.70. The van der Waals surface area contributed by atoms with Gasteiger partial charge in [-0.2, -0.15) is 4.98 Å². The molecule has 0 bridgehead atoms. The molecule has 1 atom stereocenters. The van der Waals surface area contributed by atoms with Crippen molar-refractivity contribution in [3.8, 4) is 11.5 Å². The number of fused-ring (bicyclic) bond motifs is 1. The molecule has 0 radical (unpaired) electrons. The van der Waals surface area contributed by atoms with Gasteiger partial charge >= 0.3 is 0 Å². The van der Waals surface area contributed by atoms with Crippen LogP contribution in [0.4, 0.5) is 0 Å². The summed E-state index contributed by atoms with van der Waals surface area (Å²) in [6, 6.07) is 5.20. The zero-order valence-corrected chi connectivity index (χ0v) is 9.88. The zero-order valence-electron chi connectivity index (χ0n) is 9.88. The Morgan fingerprint density at radius 3 is 3.17 bits per heavy atom. The molecule has 3 rings (SSSR count). The lowest BCUT2D eigenvalue weighted by Crippen LogP contribution is -2.22. The molecule has 2 N–H and O–H groups in total. The van der Waals surface area contributed by atoms with Gasteiger partial charge in [-0.05, 0) is 19.1 Å². The van der Waals surface area contributed by atoms with Gasteiger partial charge in [0.2, 0.25) is 5.89 Å². The minimum absolute atomic E-state index is 0.0767. The Bertz CT molecular complexity index is 567. The number of ether oxygens (including phenoxy) is 1. The molecule has 1 unspecified atom stereocenters. The Hall–Kier alpha value is -2.08. The molecule has 0 spiro atoms. The van der Waals surface area contributed by atoms with Crippen molar-refractivity contribution < 1.29 is 14.4 Å². The van der Waals surface area contributed by atoms with E-state index in [2.05, 4.69) is 15.5 Å². The monoisotopic (exact) mass is 247 g/mol. The third-order valence-corrected chi connectivity index (χ3v) is 2.85. The third-order valence-electron chi connectivity index (χ3n) is 2.85. The van der Waals surface area contributed by atoms with E-state index in [1.165, 1.54) is 0 Å². The lowest BCUT2D eigenvalue weighted by atomic mass is 10.1. The van der Waals surface area contributed by atoms with Crippen molar-refractivity contribution in [1.29, 1.82) is 0 Å². The van der Waals surface area contributed by atoms with Crippen LogP contribution in [0.3, 0.4) is 0 Å². The van der Waals surface area contributed by atoms with Gasteiger partial charge in [0.1, 0.15) is 18.1 Å². The van der Waals surface area contributed by atoms with Gasteiger partial charge in [-0.3, -0.25) is 5.32 Å². The fourth-order valence-electron chi connectivity index (χ4n) is 1.99. The number of aryl methyl sites for hydroxylation is 1. The lowest BCUT2D eigenvalue weighted by molar-refractivity contribution is 0.298. The second-order valence-corrected chi connectivity index (χ2v) is 4.20. The number of aromatic hydroxyl groups is 1. The first-order chi connectivity index (χ1) is 8.72. The van der Waals surface area contributed by atoms with Gasteiger partial charge in [-0.15, -0.1) is 0 Å². The normalized spacial score (nSPS) is 17.5. The van der Waals surface area contributed by atoms with E-state index < -0.39 is 0 Å². The smallest absolute Gasteiger partial charge is 0.240 e. The number of nitrogens with zero attached hydrogens (tertiary/aromatic N) is 2. The zero-order chi connectivity index (χ0) is 12.5. The van der Waals surface area contributed by atoms with E-state index in [1.807, 2.05) is 6.07 Å². The van der Waals surface area contributed by atoms with E-state index in [0.717, 1.165) is 5.56 Å². The fourth-order valence-corrected chi connectivity index (χ4v) is 1.99. The third kappa shape index (κ3) is 2.02. The van der Waals surface area contributed by atoms with Crippen LogP contribution in [0.2, 0.25) is 0 Å². The summed E-state index contributed by atoms with van der Waals surface area (Å²) in [4.78, 5) is 4.12. The van der Waals surface area contributed by atoms with E-state index in [1.54, 1.807) is 19.1 Å². The van der Waals surface area contributed by atoms with Crippen LogP contribution in [0.5, 0.6) is 11.5 Å². The molecular weight excluding hydrogens is 234 g/mol. The molecular formula is C12H13N3O3. The topological polar surface area (TPSA) is 80.4 Å². The Balaban J connectivity index is 1.69. The van der Waals surface area contributed by atoms with Gasteiger partial charge < -0.3 is 14.4 Å². The van der Waals surface area contributed by atoms with Crippen LogP contribution >= 0.6 is 0 Å². The number of benzene rings is 1. The molecule has 0 saturated carbocycles. The van der Waals surface area contributed by atoms with Crippen LogP contribution < -0.4 is 10.1 Å². The van der Waals surface area contributed by atoms with Crippen molar-refractivity contribution in [2.24, 2.45) is 0 Å². The summed E-state index contributed by atoms with van der Waals surface area (Å²) in [6.07, 6.45) is 0. The number of phenols is 1. The van der Waals surface area contributed by atoms with Crippen LogP contribution in [-0.2, 0) is 6.54 Å². The van der Waals surface area contributed by atoms with E-state index in [9.17, 15) is 5.11 Å². The molecule has 94 valence electrons. The standard InChI is InChI=1S/C12H13N3O3/c1-7-14-12(18-15-7)5-13-10-6-17-11-4-8(16)2-3-9(10)11/h2-4,10,13,16H,5-6H2,1H3. The first kappa shape index (κ1) is 11.0. The van der Waals surface area contributed by atoms with Crippen LogP contribution in [0.15, 0.2) is 22.7 Å². The van der Waals surface area contributed by atoms with Gasteiger partial charge in [-0.1, -0.05) is 5.16 Å². The molecule has 2 heterocycles.